The van der Waals surface area contributed by atoms with Crippen LogP contribution in [-0.2, 0) is 22.7 Å². The molecule has 0 spiro atoms. The molecule has 0 aliphatic carbocycles. The van der Waals surface area contributed by atoms with Gasteiger partial charge in [-0.3, -0.25) is 9.59 Å². The first-order valence-corrected chi connectivity index (χ1v) is 10.1. The third kappa shape index (κ3) is 6.20. The standard InChI is InChI=1S/C23H29N3O2/c1-18(27)25-22(21-7-3-2-4-8-21)15-23(28)24-16-19-9-11-20(12-10-19)17-26-13-5-6-14-26/h2-4,7-12,22H,5-6,13-17H2,1H3,(H,24,28)(H,25,27)/p+1/t22-/m0/s1. The first-order chi connectivity index (χ1) is 13.6. The van der Waals surface area contributed by atoms with Crippen LogP contribution in [0.2, 0.25) is 0 Å². The highest BCUT2D eigenvalue weighted by molar-refractivity contribution is 5.79. The number of hydrogen-bond donors (Lipinski definition) is 3. The minimum absolute atomic E-state index is 0.0757. The van der Waals surface area contributed by atoms with E-state index in [1.807, 2.05) is 30.3 Å². The van der Waals surface area contributed by atoms with Gasteiger partial charge in [-0.1, -0.05) is 54.6 Å². The number of quaternary nitrogens is 1. The lowest BCUT2D eigenvalue weighted by Crippen LogP contribution is -3.08. The molecule has 0 unspecified atom stereocenters. The Balaban J connectivity index is 1.50. The van der Waals surface area contributed by atoms with Crippen LogP contribution in [0, 0.1) is 0 Å². The molecule has 2 aromatic rings. The third-order valence-corrected chi connectivity index (χ3v) is 5.25. The number of benzene rings is 2. The number of likely N-dealkylation sites (tertiary alicyclic amines) is 1. The number of carbonyl (C=O) groups excluding carboxylic acids is 2. The van der Waals surface area contributed by atoms with Gasteiger partial charge in [0.1, 0.15) is 6.54 Å². The van der Waals surface area contributed by atoms with E-state index in [9.17, 15) is 9.59 Å². The van der Waals surface area contributed by atoms with Gasteiger partial charge >= 0.3 is 0 Å². The summed E-state index contributed by atoms with van der Waals surface area (Å²) in [6.45, 7) is 5.60. The maximum absolute atomic E-state index is 12.4. The third-order valence-electron chi connectivity index (χ3n) is 5.25. The Bertz CT molecular complexity index is 768. The second kappa shape index (κ2) is 10.0. The number of carbonyl (C=O) groups is 2. The fourth-order valence-electron chi connectivity index (χ4n) is 3.76. The SMILES string of the molecule is CC(=O)N[C@@H](CC(=O)NCc1ccc(C[NH+]2CCCC2)cc1)c1ccccc1. The average molecular weight is 381 g/mol. The zero-order valence-corrected chi connectivity index (χ0v) is 16.5. The molecule has 2 amide bonds. The zero-order chi connectivity index (χ0) is 19.8. The maximum Gasteiger partial charge on any atom is 0.222 e. The number of hydrogen-bond acceptors (Lipinski definition) is 2. The van der Waals surface area contributed by atoms with Crippen molar-refractivity contribution in [1.29, 1.82) is 0 Å². The summed E-state index contributed by atoms with van der Waals surface area (Å²) < 4.78 is 0. The smallest absolute Gasteiger partial charge is 0.222 e. The van der Waals surface area contributed by atoms with Crippen LogP contribution >= 0.6 is 0 Å². The molecule has 3 N–H and O–H groups in total. The fourth-order valence-corrected chi connectivity index (χ4v) is 3.76. The lowest BCUT2D eigenvalue weighted by molar-refractivity contribution is -0.901. The van der Waals surface area contributed by atoms with Crippen LogP contribution in [0.5, 0.6) is 0 Å². The van der Waals surface area contributed by atoms with Gasteiger partial charge in [0.05, 0.1) is 25.6 Å². The predicted octanol–water partition coefficient (Wildman–Crippen LogP) is 1.75. The summed E-state index contributed by atoms with van der Waals surface area (Å²) in [7, 11) is 0. The van der Waals surface area contributed by atoms with E-state index in [-0.39, 0.29) is 24.3 Å². The lowest BCUT2D eigenvalue weighted by Gasteiger charge is -2.18. The molecule has 0 aromatic heterocycles. The molecule has 5 heteroatoms. The first-order valence-electron chi connectivity index (χ1n) is 10.1. The average Bonchev–Trinajstić information content (AvgIpc) is 3.20. The van der Waals surface area contributed by atoms with Crippen molar-refractivity contribution in [1.82, 2.24) is 10.6 Å². The van der Waals surface area contributed by atoms with Crippen LogP contribution < -0.4 is 15.5 Å². The van der Waals surface area contributed by atoms with E-state index in [0.29, 0.717) is 6.54 Å². The van der Waals surface area contributed by atoms with E-state index in [2.05, 4.69) is 34.9 Å². The van der Waals surface area contributed by atoms with Gasteiger partial charge in [-0.15, -0.1) is 0 Å². The Morgan fingerprint density at radius 2 is 1.61 bits per heavy atom. The summed E-state index contributed by atoms with van der Waals surface area (Å²) in [5, 5.41) is 5.83. The molecule has 1 atom stereocenters. The van der Waals surface area contributed by atoms with E-state index in [1.165, 1.54) is 38.4 Å². The Morgan fingerprint density at radius 3 is 2.25 bits per heavy atom. The van der Waals surface area contributed by atoms with Crippen molar-refractivity contribution in [3.63, 3.8) is 0 Å². The largest absolute Gasteiger partial charge is 0.352 e. The summed E-state index contributed by atoms with van der Waals surface area (Å²) in [6, 6.07) is 17.8. The molecule has 1 heterocycles. The molecule has 28 heavy (non-hydrogen) atoms. The van der Waals surface area contributed by atoms with Crippen LogP contribution in [0.25, 0.3) is 0 Å². The lowest BCUT2D eigenvalue weighted by atomic mass is 10.0. The van der Waals surface area contributed by atoms with Crippen molar-refractivity contribution in [2.75, 3.05) is 13.1 Å². The van der Waals surface area contributed by atoms with E-state index >= 15 is 0 Å². The summed E-state index contributed by atoms with van der Waals surface area (Å²) in [6.07, 6.45) is 2.89. The maximum atomic E-state index is 12.4. The summed E-state index contributed by atoms with van der Waals surface area (Å²) in [5.74, 6) is -0.217. The molecule has 0 radical (unpaired) electrons. The normalized spacial score (nSPS) is 15.2. The molecule has 2 aromatic carbocycles. The van der Waals surface area contributed by atoms with Crippen LogP contribution in [0.1, 0.15) is 48.9 Å². The highest BCUT2D eigenvalue weighted by Gasteiger charge is 2.17. The van der Waals surface area contributed by atoms with Gasteiger partial charge in [0.15, 0.2) is 0 Å². The minimum Gasteiger partial charge on any atom is -0.352 e. The minimum atomic E-state index is -0.315. The molecule has 1 saturated heterocycles. The second-order valence-electron chi connectivity index (χ2n) is 7.60. The Morgan fingerprint density at radius 1 is 0.964 bits per heavy atom. The number of rotatable bonds is 8. The summed E-state index contributed by atoms with van der Waals surface area (Å²) in [4.78, 5) is 25.6. The van der Waals surface area contributed by atoms with Crippen molar-refractivity contribution < 1.29 is 14.5 Å². The van der Waals surface area contributed by atoms with Crippen molar-refractivity contribution in [3.8, 4) is 0 Å². The van der Waals surface area contributed by atoms with Gasteiger partial charge in [-0.25, -0.2) is 0 Å². The summed E-state index contributed by atoms with van der Waals surface area (Å²) in [5.41, 5.74) is 3.37. The van der Waals surface area contributed by atoms with Crippen LogP contribution in [0.4, 0.5) is 0 Å². The van der Waals surface area contributed by atoms with E-state index in [4.69, 9.17) is 0 Å². The highest BCUT2D eigenvalue weighted by atomic mass is 16.2. The second-order valence-corrected chi connectivity index (χ2v) is 7.60. The van der Waals surface area contributed by atoms with Crippen molar-refractivity contribution in [2.24, 2.45) is 0 Å². The molecule has 0 bridgehead atoms. The molecule has 1 aliphatic rings. The van der Waals surface area contributed by atoms with Crippen molar-refractivity contribution in [3.05, 3.63) is 71.3 Å². The van der Waals surface area contributed by atoms with E-state index in [0.717, 1.165) is 17.7 Å². The van der Waals surface area contributed by atoms with Gasteiger partial charge in [0, 0.05) is 31.9 Å². The predicted molar refractivity (Wildman–Crippen MR) is 110 cm³/mol. The molecular formula is C23H30N3O2+. The van der Waals surface area contributed by atoms with Gasteiger partial charge < -0.3 is 15.5 Å². The van der Waals surface area contributed by atoms with Gasteiger partial charge in [-0.2, -0.15) is 0 Å². The molecule has 148 valence electrons. The number of amides is 2. The Labute approximate surface area is 167 Å². The molecule has 5 nitrogen and oxygen atoms in total. The van der Waals surface area contributed by atoms with Gasteiger partial charge in [0.25, 0.3) is 0 Å². The highest BCUT2D eigenvalue weighted by Crippen LogP contribution is 2.16. The summed E-state index contributed by atoms with van der Waals surface area (Å²) >= 11 is 0. The van der Waals surface area contributed by atoms with Crippen LogP contribution in [-0.4, -0.2) is 24.9 Å². The quantitative estimate of drug-likeness (QED) is 0.653. The first kappa shape index (κ1) is 20.1. The Hall–Kier alpha value is -2.66. The molecule has 3 rings (SSSR count). The molecular weight excluding hydrogens is 350 g/mol. The molecule has 0 saturated carbocycles. The van der Waals surface area contributed by atoms with E-state index < -0.39 is 0 Å². The zero-order valence-electron chi connectivity index (χ0n) is 16.5. The molecule has 1 aliphatic heterocycles. The molecule has 1 fully saturated rings. The van der Waals surface area contributed by atoms with Crippen LogP contribution in [0.3, 0.4) is 0 Å². The van der Waals surface area contributed by atoms with Gasteiger partial charge in [0.2, 0.25) is 11.8 Å². The van der Waals surface area contributed by atoms with E-state index in [1.54, 1.807) is 4.90 Å². The Kier molecular flexibility index (Phi) is 7.20. The van der Waals surface area contributed by atoms with Gasteiger partial charge in [-0.05, 0) is 11.1 Å². The fraction of sp³-hybridized carbons (Fsp3) is 0.391. The van der Waals surface area contributed by atoms with Crippen molar-refractivity contribution >= 4 is 11.8 Å². The van der Waals surface area contributed by atoms with Crippen molar-refractivity contribution in [2.45, 2.75) is 45.3 Å². The number of nitrogens with one attached hydrogen (secondary N) is 3. The monoisotopic (exact) mass is 380 g/mol. The topological polar surface area (TPSA) is 62.6 Å². The van der Waals surface area contributed by atoms with Crippen LogP contribution in [0.15, 0.2) is 54.6 Å².